The first-order valence-electron chi connectivity index (χ1n) is 6.18. The summed E-state index contributed by atoms with van der Waals surface area (Å²) in [5.41, 5.74) is 3.35. The number of hydrogen-bond donors (Lipinski definition) is 1. The molecule has 3 aromatic rings. The molecule has 2 aromatic carbocycles. The second-order valence-electron chi connectivity index (χ2n) is 4.29. The van der Waals surface area contributed by atoms with Crippen LogP contribution in [-0.4, -0.2) is 4.98 Å². The molecule has 0 saturated carbocycles. The van der Waals surface area contributed by atoms with Gasteiger partial charge in [-0.2, -0.15) is 0 Å². The molecule has 1 N–H and O–H groups in total. The van der Waals surface area contributed by atoms with Gasteiger partial charge in [-0.25, -0.2) is 4.98 Å². The second kappa shape index (κ2) is 5.24. The monoisotopic (exact) mass is 266 g/mol. The Morgan fingerprint density at radius 3 is 2.21 bits per heavy atom. The molecule has 0 aliphatic heterocycles. The van der Waals surface area contributed by atoms with Gasteiger partial charge in [0.2, 0.25) is 0 Å². The van der Waals surface area contributed by atoms with E-state index in [4.69, 9.17) is 0 Å². The summed E-state index contributed by atoms with van der Waals surface area (Å²) in [6, 6.07) is 20.5. The fourth-order valence-electron chi connectivity index (χ4n) is 1.95. The average molecular weight is 266 g/mol. The van der Waals surface area contributed by atoms with E-state index < -0.39 is 0 Å². The van der Waals surface area contributed by atoms with Gasteiger partial charge in [-0.1, -0.05) is 59.9 Å². The summed E-state index contributed by atoms with van der Waals surface area (Å²) in [6.07, 6.45) is 0. The van der Waals surface area contributed by atoms with Crippen molar-refractivity contribution in [3.63, 3.8) is 0 Å². The van der Waals surface area contributed by atoms with E-state index in [1.807, 2.05) is 36.4 Å². The molecule has 0 amide bonds. The van der Waals surface area contributed by atoms with E-state index >= 15 is 0 Å². The molecule has 0 radical (unpaired) electrons. The lowest BCUT2D eigenvalue weighted by molar-refractivity contribution is 1.26. The van der Waals surface area contributed by atoms with Crippen LogP contribution < -0.4 is 5.32 Å². The van der Waals surface area contributed by atoms with Gasteiger partial charge >= 0.3 is 0 Å². The van der Waals surface area contributed by atoms with Crippen molar-refractivity contribution < 1.29 is 0 Å². The molecule has 0 spiro atoms. The highest BCUT2D eigenvalue weighted by atomic mass is 32.1. The minimum Gasteiger partial charge on any atom is -0.332 e. The van der Waals surface area contributed by atoms with Gasteiger partial charge in [-0.15, -0.1) is 0 Å². The van der Waals surface area contributed by atoms with Gasteiger partial charge in [0, 0.05) is 5.69 Å². The van der Waals surface area contributed by atoms with Gasteiger partial charge in [0.1, 0.15) is 0 Å². The highest BCUT2D eigenvalue weighted by Gasteiger charge is 2.09. The minimum absolute atomic E-state index is 0.933. The number of para-hydroxylation sites is 1. The lowest BCUT2D eigenvalue weighted by Crippen LogP contribution is -1.88. The first kappa shape index (κ1) is 11.9. The Balaban J connectivity index is 1.90. The van der Waals surface area contributed by atoms with E-state index in [2.05, 4.69) is 41.5 Å². The molecule has 3 rings (SSSR count). The molecule has 0 atom stereocenters. The molecule has 0 aliphatic rings. The number of benzene rings is 2. The Kier molecular flexibility index (Phi) is 3.29. The third-order valence-electron chi connectivity index (χ3n) is 2.86. The predicted octanol–water partition coefficient (Wildman–Crippen LogP) is 4.86. The smallest absolute Gasteiger partial charge is 0.187 e. The number of aryl methyl sites for hydroxylation is 1. The second-order valence-corrected chi connectivity index (χ2v) is 5.29. The van der Waals surface area contributed by atoms with Crippen LogP contribution >= 0.6 is 11.3 Å². The van der Waals surface area contributed by atoms with Crippen molar-refractivity contribution >= 4 is 22.2 Å². The molecule has 3 heteroatoms. The summed E-state index contributed by atoms with van der Waals surface area (Å²) in [5, 5.41) is 4.28. The van der Waals surface area contributed by atoms with Crippen LogP contribution in [0.3, 0.4) is 0 Å². The van der Waals surface area contributed by atoms with Gasteiger partial charge in [0.25, 0.3) is 0 Å². The number of thiazole rings is 1. The number of hydrogen-bond acceptors (Lipinski definition) is 3. The van der Waals surface area contributed by atoms with Crippen molar-refractivity contribution in [1.82, 2.24) is 4.98 Å². The standard InChI is InChI=1S/C16H14N2S/c1-12-15(13-8-4-2-5-9-13)19-16(17-12)18-14-10-6-3-7-11-14/h2-11H,1H3,(H,17,18). The summed E-state index contributed by atoms with van der Waals surface area (Å²) in [5.74, 6) is 0. The third kappa shape index (κ3) is 2.66. The summed E-state index contributed by atoms with van der Waals surface area (Å²) in [6.45, 7) is 2.05. The SMILES string of the molecule is Cc1nc(Nc2ccccc2)sc1-c1ccccc1. The fraction of sp³-hybridized carbons (Fsp3) is 0.0625. The maximum atomic E-state index is 4.59. The lowest BCUT2D eigenvalue weighted by atomic mass is 10.2. The van der Waals surface area contributed by atoms with Crippen molar-refractivity contribution in [1.29, 1.82) is 0 Å². The van der Waals surface area contributed by atoms with Crippen molar-refractivity contribution in [3.05, 3.63) is 66.4 Å². The molecular weight excluding hydrogens is 252 g/mol. The van der Waals surface area contributed by atoms with Crippen molar-refractivity contribution in [3.8, 4) is 10.4 Å². The number of nitrogens with one attached hydrogen (secondary N) is 1. The van der Waals surface area contributed by atoms with Crippen molar-refractivity contribution in [2.45, 2.75) is 6.92 Å². The quantitative estimate of drug-likeness (QED) is 0.732. The highest BCUT2D eigenvalue weighted by Crippen LogP contribution is 2.33. The summed E-state index contributed by atoms with van der Waals surface area (Å²) < 4.78 is 0. The van der Waals surface area contributed by atoms with Gasteiger partial charge in [0.15, 0.2) is 5.13 Å². The van der Waals surface area contributed by atoms with Gasteiger partial charge in [-0.3, -0.25) is 0 Å². The summed E-state index contributed by atoms with van der Waals surface area (Å²) in [7, 11) is 0. The number of aromatic nitrogens is 1. The number of anilines is 2. The van der Waals surface area contributed by atoms with Crippen LogP contribution in [0, 0.1) is 6.92 Å². The summed E-state index contributed by atoms with van der Waals surface area (Å²) in [4.78, 5) is 5.81. The van der Waals surface area contributed by atoms with Crippen LogP contribution in [0.4, 0.5) is 10.8 Å². The van der Waals surface area contributed by atoms with E-state index in [9.17, 15) is 0 Å². The third-order valence-corrected chi connectivity index (χ3v) is 3.98. The van der Waals surface area contributed by atoms with Crippen LogP contribution in [0.1, 0.15) is 5.69 Å². The topological polar surface area (TPSA) is 24.9 Å². The Morgan fingerprint density at radius 1 is 0.895 bits per heavy atom. The van der Waals surface area contributed by atoms with Gasteiger partial charge in [0.05, 0.1) is 10.6 Å². The molecule has 19 heavy (non-hydrogen) atoms. The Labute approximate surface area is 116 Å². The molecule has 2 nitrogen and oxygen atoms in total. The van der Waals surface area contributed by atoms with Crippen LogP contribution in [-0.2, 0) is 0 Å². The minimum atomic E-state index is 0.933. The first-order chi connectivity index (χ1) is 9.33. The largest absolute Gasteiger partial charge is 0.332 e. The van der Waals surface area contributed by atoms with Crippen LogP contribution in [0.15, 0.2) is 60.7 Å². The number of rotatable bonds is 3. The molecular formula is C16H14N2S. The Morgan fingerprint density at radius 2 is 1.53 bits per heavy atom. The molecule has 0 fully saturated rings. The number of nitrogens with zero attached hydrogens (tertiary/aromatic N) is 1. The Hall–Kier alpha value is -2.13. The molecule has 0 bridgehead atoms. The van der Waals surface area contributed by atoms with E-state index in [1.165, 1.54) is 10.4 Å². The van der Waals surface area contributed by atoms with Crippen molar-refractivity contribution in [2.75, 3.05) is 5.32 Å². The lowest BCUT2D eigenvalue weighted by Gasteiger charge is -2.00. The normalized spacial score (nSPS) is 10.4. The van der Waals surface area contributed by atoms with Crippen LogP contribution in [0.25, 0.3) is 10.4 Å². The molecule has 0 aliphatic carbocycles. The van der Waals surface area contributed by atoms with Crippen LogP contribution in [0.5, 0.6) is 0 Å². The van der Waals surface area contributed by atoms with E-state index in [1.54, 1.807) is 11.3 Å². The van der Waals surface area contributed by atoms with E-state index in [0.29, 0.717) is 0 Å². The maximum Gasteiger partial charge on any atom is 0.187 e. The zero-order valence-corrected chi connectivity index (χ0v) is 11.4. The zero-order chi connectivity index (χ0) is 13.1. The average Bonchev–Trinajstić information content (AvgIpc) is 2.82. The maximum absolute atomic E-state index is 4.59. The van der Waals surface area contributed by atoms with Gasteiger partial charge in [-0.05, 0) is 24.6 Å². The van der Waals surface area contributed by atoms with Gasteiger partial charge < -0.3 is 5.32 Å². The van der Waals surface area contributed by atoms with E-state index in [0.717, 1.165) is 16.5 Å². The first-order valence-corrected chi connectivity index (χ1v) is 6.99. The molecule has 94 valence electrons. The predicted molar refractivity (Wildman–Crippen MR) is 82.0 cm³/mol. The zero-order valence-electron chi connectivity index (χ0n) is 10.6. The molecule has 1 heterocycles. The van der Waals surface area contributed by atoms with Crippen LogP contribution in [0.2, 0.25) is 0 Å². The molecule has 1 aromatic heterocycles. The Bertz CT molecular complexity index is 660. The highest BCUT2D eigenvalue weighted by molar-refractivity contribution is 7.19. The fourth-order valence-corrected chi connectivity index (χ4v) is 2.94. The summed E-state index contributed by atoms with van der Waals surface area (Å²) >= 11 is 1.69. The molecule has 0 unspecified atom stereocenters. The van der Waals surface area contributed by atoms with Crippen molar-refractivity contribution in [2.24, 2.45) is 0 Å². The molecule has 0 saturated heterocycles. The van der Waals surface area contributed by atoms with E-state index in [-0.39, 0.29) is 0 Å².